The molecular weight excluding hydrogens is 467 g/mol. The van der Waals surface area contributed by atoms with E-state index in [0.717, 1.165) is 48.1 Å². The summed E-state index contributed by atoms with van der Waals surface area (Å²) >= 11 is 0. The number of likely N-dealkylation sites (tertiary alicyclic amines) is 1. The Balaban J connectivity index is 1.38. The smallest absolute Gasteiger partial charge is 0.253 e. The van der Waals surface area contributed by atoms with Gasteiger partial charge >= 0.3 is 0 Å². The number of aromatic nitrogens is 4. The molecule has 4 aromatic heterocycles. The van der Waals surface area contributed by atoms with Crippen LogP contribution in [0.2, 0.25) is 0 Å². The number of pyridine rings is 3. The highest BCUT2D eigenvalue weighted by atomic mass is 19.1. The normalized spacial score (nSPS) is 14.9. The van der Waals surface area contributed by atoms with Crippen LogP contribution in [0.3, 0.4) is 0 Å². The van der Waals surface area contributed by atoms with Gasteiger partial charge in [0.2, 0.25) is 0 Å². The Morgan fingerprint density at radius 3 is 2.57 bits per heavy atom. The predicted molar refractivity (Wildman–Crippen MR) is 143 cm³/mol. The SMILES string of the molecule is CN1CCC(N(C)C(=O)c2ccc(-c3c(F)cnc4[nH]c5cnc(-c6cccnc6)cc5c34)cc2)CC1. The molecule has 1 fully saturated rings. The molecule has 0 aliphatic carbocycles. The van der Waals surface area contributed by atoms with Gasteiger partial charge in [0.05, 0.1) is 23.6 Å². The standard InChI is InChI=1S/C29H27FN6O/c1-35-12-9-21(10-13-35)36(2)29(37)19-7-5-18(6-8-19)26-23(30)16-33-28-27(26)22-14-24(32-17-25(22)34-28)20-4-3-11-31-15-20/h3-8,11,14-17,21H,9-10,12-13H2,1-2H3,(H,33,34). The van der Waals surface area contributed by atoms with E-state index in [1.165, 1.54) is 6.20 Å². The average Bonchev–Trinajstić information content (AvgIpc) is 3.31. The molecule has 0 radical (unpaired) electrons. The summed E-state index contributed by atoms with van der Waals surface area (Å²) < 4.78 is 15.3. The van der Waals surface area contributed by atoms with Crippen molar-refractivity contribution in [3.8, 4) is 22.4 Å². The molecule has 0 atom stereocenters. The van der Waals surface area contributed by atoms with Crippen LogP contribution in [0, 0.1) is 5.82 Å². The van der Waals surface area contributed by atoms with Gasteiger partial charge in [-0.2, -0.15) is 0 Å². The minimum Gasteiger partial charge on any atom is -0.339 e. The summed E-state index contributed by atoms with van der Waals surface area (Å²) in [5.74, 6) is -0.434. The summed E-state index contributed by atoms with van der Waals surface area (Å²) in [6.45, 7) is 1.97. The van der Waals surface area contributed by atoms with Crippen LogP contribution in [0.25, 0.3) is 44.3 Å². The van der Waals surface area contributed by atoms with E-state index in [1.807, 2.05) is 42.3 Å². The molecular formula is C29H27FN6O. The number of nitrogens with one attached hydrogen (secondary N) is 1. The second-order valence-electron chi connectivity index (χ2n) is 9.71. The molecule has 0 bridgehead atoms. The molecule has 5 heterocycles. The number of amides is 1. The topological polar surface area (TPSA) is 78.0 Å². The average molecular weight is 495 g/mol. The molecule has 1 aliphatic heterocycles. The fraction of sp³-hybridized carbons (Fsp3) is 0.241. The fourth-order valence-corrected chi connectivity index (χ4v) is 5.22. The van der Waals surface area contributed by atoms with E-state index in [1.54, 1.807) is 30.7 Å². The van der Waals surface area contributed by atoms with Gasteiger partial charge in [-0.15, -0.1) is 0 Å². The Kier molecular flexibility index (Phi) is 5.88. The van der Waals surface area contributed by atoms with Crippen LogP contribution < -0.4 is 0 Å². The number of carbonyl (C=O) groups is 1. The van der Waals surface area contributed by atoms with Crippen LogP contribution in [0.5, 0.6) is 0 Å². The number of fused-ring (bicyclic) bond motifs is 3. The minimum atomic E-state index is -0.421. The summed E-state index contributed by atoms with van der Waals surface area (Å²) in [5, 5.41) is 1.51. The molecule has 5 aromatic rings. The van der Waals surface area contributed by atoms with Crippen LogP contribution in [-0.4, -0.2) is 68.9 Å². The summed E-state index contributed by atoms with van der Waals surface area (Å²) in [6.07, 6.45) is 8.37. The van der Waals surface area contributed by atoms with Crippen LogP contribution in [0.1, 0.15) is 23.2 Å². The van der Waals surface area contributed by atoms with Crippen molar-refractivity contribution < 1.29 is 9.18 Å². The van der Waals surface area contributed by atoms with Gasteiger partial charge in [0.15, 0.2) is 0 Å². The Labute approximate surface area is 214 Å². The molecule has 0 unspecified atom stereocenters. The molecule has 8 heteroatoms. The first kappa shape index (κ1) is 23.2. The maximum Gasteiger partial charge on any atom is 0.253 e. The van der Waals surface area contributed by atoms with Crippen molar-refractivity contribution in [3.05, 3.63) is 78.6 Å². The molecule has 7 nitrogen and oxygen atoms in total. The number of aromatic amines is 1. The number of piperidine rings is 1. The quantitative estimate of drug-likeness (QED) is 0.374. The third-order valence-corrected chi connectivity index (χ3v) is 7.39. The number of rotatable bonds is 4. The van der Waals surface area contributed by atoms with Crippen molar-refractivity contribution in [1.29, 1.82) is 0 Å². The Bertz CT molecular complexity index is 1590. The summed E-state index contributed by atoms with van der Waals surface area (Å²) in [4.78, 5) is 33.6. The lowest BCUT2D eigenvalue weighted by atomic mass is 9.98. The van der Waals surface area contributed by atoms with Crippen molar-refractivity contribution in [3.63, 3.8) is 0 Å². The van der Waals surface area contributed by atoms with Crippen LogP contribution in [-0.2, 0) is 0 Å². The number of hydrogen-bond acceptors (Lipinski definition) is 5. The number of H-pyrrole nitrogens is 1. The van der Waals surface area contributed by atoms with E-state index in [9.17, 15) is 4.79 Å². The molecule has 1 saturated heterocycles. The van der Waals surface area contributed by atoms with Gasteiger partial charge in [0.25, 0.3) is 5.91 Å². The molecule has 1 N–H and O–H groups in total. The van der Waals surface area contributed by atoms with Crippen LogP contribution >= 0.6 is 0 Å². The van der Waals surface area contributed by atoms with E-state index in [0.29, 0.717) is 27.7 Å². The van der Waals surface area contributed by atoms with Crippen molar-refractivity contribution in [2.24, 2.45) is 0 Å². The van der Waals surface area contributed by atoms with Gasteiger partial charge in [0.1, 0.15) is 11.5 Å². The fourth-order valence-electron chi connectivity index (χ4n) is 5.22. The van der Waals surface area contributed by atoms with Crippen molar-refractivity contribution in [2.45, 2.75) is 18.9 Å². The molecule has 0 spiro atoms. The number of halogens is 1. The molecule has 0 saturated carbocycles. The first-order valence-corrected chi connectivity index (χ1v) is 12.4. The van der Waals surface area contributed by atoms with E-state index in [-0.39, 0.29) is 11.9 Å². The lowest BCUT2D eigenvalue weighted by molar-refractivity contribution is 0.0659. The van der Waals surface area contributed by atoms with Gasteiger partial charge in [-0.3, -0.25) is 14.8 Å². The zero-order valence-corrected chi connectivity index (χ0v) is 20.8. The Hall–Kier alpha value is -4.17. The largest absolute Gasteiger partial charge is 0.339 e. The maximum absolute atomic E-state index is 15.3. The minimum absolute atomic E-state index is 0.0132. The van der Waals surface area contributed by atoms with Gasteiger partial charge in [-0.05, 0) is 68.9 Å². The predicted octanol–water partition coefficient (Wildman–Crippen LogP) is 5.15. The number of carbonyl (C=O) groups excluding carboxylic acids is 1. The van der Waals surface area contributed by atoms with Crippen molar-refractivity contribution in [1.82, 2.24) is 29.7 Å². The Morgan fingerprint density at radius 2 is 1.84 bits per heavy atom. The molecule has 6 rings (SSSR count). The van der Waals surface area contributed by atoms with E-state index in [4.69, 9.17) is 0 Å². The third-order valence-electron chi connectivity index (χ3n) is 7.39. The lowest BCUT2D eigenvalue weighted by Gasteiger charge is -2.35. The van der Waals surface area contributed by atoms with Gasteiger partial charge in [-0.1, -0.05) is 12.1 Å². The lowest BCUT2D eigenvalue weighted by Crippen LogP contribution is -2.44. The van der Waals surface area contributed by atoms with Crippen LogP contribution in [0.15, 0.2) is 67.3 Å². The molecule has 1 aliphatic rings. The molecule has 1 amide bonds. The first-order valence-electron chi connectivity index (χ1n) is 12.4. The highest BCUT2D eigenvalue weighted by molar-refractivity contribution is 6.13. The second-order valence-corrected chi connectivity index (χ2v) is 9.71. The van der Waals surface area contributed by atoms with E-state index in [2.05, 4.69) is 31.9 Å². The first-order chi connectivity index (χ1) is 18.0. The summed E-state index contributed by atoms with van der Waals surface area (Å²) in [7, 11) is 3.98. The Morgan fingerprint density at radius 1 is 1.05 bits per heavy atom. The second kappa shape index (κ2) is 9.37. The zero-order chi connectivity index (χ0) is 25.5. The highest BCUT2D eigenvalue weighted by Crippen LogP contribution is 2.36. The van der Waals surface area contributed by atoms with E-state index < -0.39 is 5.82 Å². The number of benzene rings is 1. The molecule has 37 heavy (non-hydrogen) atoms. The van der Waals surface area contributed by atoms with Crippen LogP contribution in [0.4, 0.5) is 4.39 Å². The van der Waals surface area contributed by atoms with Gasteiger partial charge < -0.3 is 14.8 Å². The maximum atomic E-state index is 15.3. The molecule has 186 valence electrons. The van der Waals surface area contributed by atoms with Gasteiger partial charge in [0, 0.05) is 52.9 Å². The zero-order valence-electron chi connectivity index (χ0n) is 20.8. The van der Waals surface area contributed by atoms with Gasteiger partial charge in [-0.25, -0.2) is 9.37 Å². The number of hydrogen-bond donors (Lipinski definition) is 1. The van der Waals surface area contributed by atoms with Crippen molar-refractivity contribution >= 4 is 27.8 Å². The molecule has 1 aromatic carbocycles. The number of nitrogens with zero attached hydrogens (tertiary/aromatic N) is 5. The third kappa shape index (κ3) is 4.23. The highest BCUT2D eigenvalue weighted by Gasteiger charge is 2.25. The monoisotopic (exact) mass is 494 g/mol. The van der Waals surface area contributed by atoms with Crippen molar-refractivity contribution in [2.75, 3.05) is 27.2 Å². The summed E-state index contributed by atoms with van der Waals surface area (Å²) in [6, 6.07) is 13.2. The summed E-state index contributed by atoms with van der Waals surface area (Å²) in [5.41, 5.74) is 4.70. The van der Waals surface area contributed by atoms with E-state index >= 15 is 4.39 Å².